The van der Waals surface area contributed by atoms with E-state index in [0.717, 1.165) is 23.1 Å². The molecule has 3 heteroatoms. The molecule has 0 atom stereocenters. The quantitative estimate of drug-likeness (QED) is 0.750. The maximum atomic E-state index is 4.33. The van der Waals surface area contributed by atoms with Gasteiger partial charge in [-0.15, -0.1) is 0 Å². The van der Waals surface area contributed by atoms with Gasteiger partial charge in [-0.05, 0) is 34.3 Å². The Morgan fingerprint density at radius 1 is 1.23 bits per heavy atom. The average molecular weight is 237 g/mol. The largest absolute Gasteiger partial charge is 0.260 e. The second-order valence-corrected chi connectivity index (χ2v) is 3.68. The zero-order valence-corrected chi connectivity index (χ0v) is 8.66. The van der Waals surface area contributed by atoms with E-state index in [1.165, 1.54) is 5.57 Å². The summed E-state index contributed by atoms with van der Waals surface area (Å²) in [5.41, 5.74) is 2.10. The van der Waals surface area contributed by atoms with Crippen molar-refractivity contribution >= 4 is 21.5 Å². The molecule has 0 spiro atoms. The minimum atomic E-state index is 0.782. The van der Waals surface area contributed by atoms with Gasteiger partial charge in [-0.25, -0.2) is 4.98 Å². The lowest BCUT2D eigenvalue weighted by atomic mass is 10.1. The van der Waals surface area contributed by atoms with Gasteiger partial charge in [-0.3, -0.25) is 4.98 Å². The maximum Gasteiger partial charge on any atom is 0.125 e. The van der Waals surface area contributed by atoms with E-state index in [-0.39, 0.29) is 0 Å². The van der Waals surface area contributed by atoms with Crippen LogP contribution in [-0.2, 0) is 0 Å². The molecule has 1 heterocycles. The molecule has 13 heavy (non-hydrogen) atoms. The van der Waals surface area contributed by atoms with Crippen LogP contribution in [0.2, 0.25) is 0 Å². The fraction of sp³-hybridized carbons (Fsp3) is 0.200. The van der Waals surface area contributed by atoms with Gasteiger partial charge in [0.2, 0.25) is 0 Å². The number of hydrogen-bond acceptors (Lipinski definition) is 2. The Labute approximate surface area is 85.5 Å². The second kappa shape index (κ2) is 3.83. The highest BCUT2D eigenvalue weighted by Gasteiger charge is 2.02. The molecule has 1 aromatic heterocycles. The van der Waals surface area contributed by atoms with Gasteiger partial charge in [-0.1, -0.05) is 18.2 Å². The van der Waals surface area contributed by atoms with Crippen LogP contribution in [-0.4, -0.2) is 9.97 Å². The van der Waals surface area contributed by atoms with Gasteiger partial charge < -0.3 is 0 Å². The van der Waals surface area contributed by atoms with Gasteiger partial charge in [0.25, 0.3) is 0 Å². The van der Waals surface area contributed by atoms with Crippen LogP contribution in [0.1, 0.15) is 18.5 Å². The first-order valence-electron chi connectivity index (χ1n) is 4.21. The van der Waals surface area contributed by atoms with Crippen molar-refractivity contribution in [2.24, 2.45) is 0 Å². The van der Waals surface area contributed by atoms with Crippen LogP contribution in [0.5, 0.6) is 0 Å². The Bertz CT molecular complexity index is 369. The number of nitrogens with zero attached hydrogens (tertiary/aromatic N) is 2. The molecule has 0 amide bonds. The Kier molecular flexibility index (Phi) is 2.54. The van der Waals surface area contributed by atoms with Crippen LogP contribution >= 0.6 is 15.9 Å². The van der Waals surface area contributed by atoms with E-state index in [0.29, 0.717) is 0 Å². The third-order valence-electron chi connectivity index (χ3n) is 1.90. The summed E-state index contributed by atoms with van der Waals surface area (Å²) < 4.78 is 0.782. The van der Waals surface area contributed by atoms with Gasteiger partial charge in [0, 0.05) is 0 Å². The zero-order chi connectivity index (χ0) is 9.10. The third-order valence-corrected chi connectivity index (χ3v) is 2.28. The SMILES string of the molecule is Brc1cncc(C2=CCCC=C2)n1. The maximum absolute atomic E-state index is 4.33. The monoisotopic (exact) mass is 236 g/mol. The van der Waals surface area contributed by atoms with E-state index in [4.69, 9.17) is 0 Å². The lowest BCUT2D eigenvalue weighted by Gasteiger charge is -2.05. The standard InChI is InChI=1S/C10H9BrN2/c11-10-7-12-6-9(13-10)8-4-2-1-3-5-8/h2,4-7H,1,3H2. The number of allylic oxidation sites excluding steroid dienone is 4. The minimum Gasteiger partial charge on any atom is -0.260 e. The molecular weight excluding hydrogens is 228 g/mol. The summed E-state index contributed by atoms with van der Waals surface area (Å²) in [6, 6.07) is 0. The summed E-state index contributed by atoms with van der Waals surface area (Å²) in [5.74, 6) is 0. The van der Waals surface area contributed by atoms with E-state index in [2.05, 4.69) is 44.1 Å². The van der Waals surface area contributed by atoms with Crippen molar-refractivity contribution < 1.29 is 0 Å². The number of hydrogen-bond donors (Lipinski definition) is 0. The molecule has 0 radical (unpaired) electrons. The molecule has 0 saturated heterocycles. The molecule has 0 aliphatic heterocycles. The van der Waals surface area contributed by atoms with Crippen molar-refractivity contribution in [1.29, 1.82) is 0 Å². The van der Waals surface area contributed by atoms with E-state index in [1.54, 1.807) is 12.4 Å². The van der Waals surface area contributed by atoms with Gasteiger partial charge in [-0.2, -0.15) is 0 Å². The van der Waals surface area contributed by atoms with Crippen molar-refractivity contribution in [1.82, 2.24) is 9.97 Å². The molecule has 66 valence electrons. The van der Waals surface area contributed by atoms with E-state index >= 15 is 0 Å². The topological polar surface area (TPSA) is 25.8 Å². The number of aromatic nitrogens is 2. The van der Waals surface area contributed by atoms with Crippen molar-refractivity contribution in [2.75, 3.05) is 0 Å². The highest BCUT2D eigenvalue weighted by Crippen LogP contribution is 2.19. The fourth-order valence-electron chi connectivity index (χ4n) is 1.28. The Morgan fingerprint density at radius 3 is 2.85 bits per heavy atom. The van der Waals surface area contributed by atoms with E-state index in [1.807, 2.05) is 0 Å². The molecule has 0 saturated carbocycles. The summed E-state index contributed by atoms with van der Waals surface area (Å²) in [6.45, 7) is 0. The lowest BCUT2D eigenvalue weighted by Crippen LogP contribution is -1.91. The summed E-state index contributed by atoms with van der Waals surface area (Å²) in [7, 11) is 0. The molecule has 0 aromatic carbocycles. The molecule has 1 aliphatic carbocycles. The van der Waals surface area contributed by atoms with Crippen LogP contribution in [0.4, 0.5) is 0 Å². The first-order valence-corrected chi connectivity index (χ1v) is 5.00. The molecule has 0 unspecified atom stereocenters. The molecule has 0 fully saturated rings. The molecule has 2 nitrogen and oxygen atoms in total. The lowest BCUT2D eigenvalue weighted by molar-refractivity contribution is 1.03. The number of halogens is 1. The predicted octanol–water partition coefficient (Wildman–Crippen LogP) is 2.97. The Hall–Kier alpha value is -0.960. The van der Waals surface area contributed by atoms with Gasteiger partial charge >= 0.3 is 0 Å². The van der Waals surface area contributed by atoms with Crippen molar-refractivity contribution in [3.05, 3.63) is 40.9 Å². The molecule has 1 aliphatic rings. The molecule has 2 rings (SSSR count). The number of rotatable bonds is 1. The van der Waals surface area contributed by atoms with Crippen molar-refractivity contribution in [3.63, 3.8) is 0 Å². The molecule has 1 aromatic rings. The van der Waals surface area contributed by atoms with Crippen LogP contribution < -0.4 is 0 Å². The summed E-state index contributed by atoms with van der Waals surface area (Å²) in [5, 5.41) is 0. The van der Waals surface area contributed by atoms with E-state index in [9.17, 15) is 0 Å². The van der Waals surface area contributed by atoms with Crippen LogP contribution in [0.3, 0.4) is 0 Å². The van der Waals surface area contributed by atoms with E-state index < -0.39 is 0 Å². The van der Waals surface area contributed by atoms with Gasteiger partial charge in [0.05, 0.1) is 18.1 Å². The van der Waals surface area contributed by atoms with Crippen molar-refractivity contribution in [3.8, 4) is 0 Å². The predicted molar refractivity (Wildman–Crippen MR) is 56.1 cm³/mol. The van der Waals surface area contributed by atoms with Crippen molar-refractivity contribution in [2.45, 2.75) is 12.8 Å². The Morgan fingerprint density at radius 2 is 2.15 bits per heavy atom. The second-order valence-electron chi connectivity index (χ2n) is 2.87. The van der Waals surface area contributed by atoms with Gasteiger partial charge in [0.1, 0.15) is 4.60 Å². The Balaban J connectivity index is 2.35. The minimum absolute atomic E-state index is 0.782. The highest BCUT2D eigenvalue weighted by atomic mass is 79.9. The fourth-order valence-corrected chi connectivity index (χ4v) is 1.59. The zero-order valence-electron chi connectivity index (χ0n) is 7.07. The first-order chi connectivity index (χ1) is 6.36. The summed E-state index contributed by atoms with van der Waals surface area (Å²) in [6.07, 6.45) is 12.2. The van der Waals surface area contributed by atoms with Crippen LogP contribution in [0.15, 0.2) is 35.2 Å². The van der Waals surface area contributed by atoms with Crippen LogP contribution in [0.25, 0.3) is 5.57 Å². The summed E-state index contributed by atoms with van der Waals surface area (Å²) in [4.78, 5) is 8.41. The first kappa shape index (κ1) is 8.63. The normalized spacial score (nSPS) is 15.6. The molecular formula is C10H9BrN2. The molecule has 0 N–H and O–H groups in total. The third kappa shape index (κ3) is 2.04. The smallest absolute Gasteiger partial charge is 0.125 e. The van der Waals surface area contributed by atoms with Gasteiger partial charge in [0.15, 0.2) is 0 Å². The van der Waals surface area contributed by atoms with Crippen LogP contribution in [0, 0.1) is 0 Å². The molecule has 0 bridgehead atoms. The average Bonchev–Trinajstić information content (AvgIpc) is 2.19. The summed E-state index contributed by atoms with van der Waals surface area (Å²) >= 11 is 3.30. The highest BCUT2D eigenvalue weighted by molar-refractivity contribution is 9.10.